The number of aromatic nitrogens is 1. The molecule has 2 rings (SSSR count). The lowest BCUT2D eigenvalue weighted by molar-refractivity contribution is -0.269. The maximum absolute atomic E-state index is 13.2. The van der Waals surface area contributed by atoms with E-state index in [0.717, 1.165) is 12.8 Å². The smallest absolute Gasteiger partial charge is 0.424 e. The Bertz CT molecular complexity index is 613. The number of halogens is 3. The van der Waals surface area contributed by atoms with Crippen molar-refractivity contribution < 1.29 is 32.6 Å². The van der Waals surface area contributed by atoms with Gasteiger partial charge in [0.1, 0.15) is 5.01 Å². The van der Waals surface area contributed by atoms with Crippen molar-refractivity contribution in [1.82, 2.24) is 9.88 Å². The van der Waals surface area contributed by atoms with Crippen molar-refractivity contribution in [2.24, 2.45) is 0 Å². The van der Waals surface area contributed by atoms with Gasteiger partial charge in [-0.15, -0.1) is 11.3 Å². The summed E-state index contributed by atoms with van der Waals surface area (Å²) in [6, 6.07) is 0. The van der Waals surface area contributed by atoms with Crippen LogP contribution in [-0.4, -0.2) is 52.7 Å². The first-order valence-electron chi connectivity index (χ1n) is 7.28. The van der Waals surface area contributed by atoms with E-state index in [2.05, 4.69) is 9.72 Å². The number of nitrogens with zero attached hydrogens (tertiary/aromatic N) is 2. The van der Waals surface area contributed by atoms with Crippen LogP contribution in [0.15, 0.2) is 5.38 Å². The molecule has 134 valence electrons. The van der Waals surface area contributed by atoms with E-state index in [1.807, 2.05) is 0 Å². The normalized spacial score (nSPS) is 17.6. The predicted octanol–water partition coefficient (Wildman–Crippen LogP) is 1.76. The van der Waals surface area contributed by atoms with Crippen molar-refractivity contribution in [2.45, 2.75) is 38.0 Å². The molecule has 0 aromatic carbocycles. The average molecular weight is 366 g/mol. The number of aryl methyl sites for hydroxylation is 1. The molecule has 1 fully saturated rings. The van der Waals surface area contributed by atoms with Gasteiger partial charge in [0, 0.05) is 24.2 Å². The fourth-order valence-corrected chi connectivity index (χ4v) is 3.22. The first-order valence-corrected chi connectivity index (χ1v) is 8.16. The molecule has 0 spiro atoms. The molecule has 1 aliphatic heterocycles. The van der Waals surface area contributed by atoms with E-state index in [1.165, 1.54) is 17.2 Å². The zero-order valence-corrected chi connectivity index (χ0v) is 13.7. The van der Waals surface area contributed by atoms with Gasteiger partial charge in [0.05, 0.1) is 6.42 Å². The van der Waals surface area contributed by atoms with E-state index in [1.54, 1.807) is 0 Å². The lowest BCUT2D eigenvalue weighted by Gasteiger charge is -2.27. The third-order valence-electron chi connectivity index (χ3n) is 3.66. The highest BCUT2D eigenvalue weighted by atomic mass is 32.1. The monoisotopic (exact) mass is 366 g/mol. The summed E-state index contributed by atoms with van der Waals surface area (Å²) in [5.41, 5.74) is -3.13. The van der Waals surface area contributed by atoms with Gasteiger partial charge < -0.3 is 14.7 Å². The van der Waals surface area contributed by atoms with E-state index < -0.39 is 41.7 Å². The fourth-order valence-electron chi connectivity index (χ4n) is 2.30. The second-order valence-corrected chi connectivity index (χ2v) is 6.44. The van der Waals surface area contributed by atoms with E-state index in [4.69, 9.17) is 0 Å². The largest absolute Gasteiger partial charge is 0.455 e. The molecule has 1 aromatic rings. The molecule has 1 N–H and O–H groups in total. The summed E-state index contributed by atoms with van der Waals surface area (Å²) in [5.74, 6) is -1.77. The minimum Gasteiger partial charge on any atom is -0.455 e. The fraction of sp³-hybridized carbons (Fsp3) is 0.643. The van der Waals surface area contributed by atoms with E-state index >= 15 is 0 Å². The number of hydrogen-bond donors (Lipinski definition) is 1. The van der Waals surface area contributed by atoms with Crippen molar-refractivity contribution in [2.75, 3.05) is 19.7 Å². The summed E-state index contributed by atoms with van der Waals surface area (Å²) in [7, 11) is 0. The Morgan fingerprint density at radius 3 is 2.50 bits per heavy atom. The van der Waals surface area contributed by atoms with Gasteiger partial charge in [-0.25, -0.2) is 4.98 Å². The van der Waals surface area contributed by atoms with Gasteiger partial charge >= 0.3 is 12.1 Å². The number of carbonyl (C=O) groups excluding carboxylic acids is 2. The van der Waals surface area contributed by atoms with Crippen LogP contribution in [0, 0.1) is 6.92 Å². The number of alkyl halides is 3. The molecule has 0 saturated carbocycles. The number of aliphatic hydroxyl groups is 1. The highest BCUT2D eigenvalue weighted by Gasteiger charge is 2.58. The maximum atomic E-state index is 13.2. The molecule has 1 saturated heterocycles. The van der Waals surface area contributed by atoms with Crippen LogP contribution in [0.2, 0.25) is 0 Å². The highest BCUT2D eigenvalue weighted by molar-refractivity contribution is 7.09. The van der Waals surface area contributed by atoms with Crippen LogP contribution < -0.4 is 0 Å². The lowest BCUT2D eigenvalue weighted by Crippen LogP contribution is -2.44. The molecule has 1 amide bonds. The van der Waals surface area contributed by atoms with Crippen molar-refractivity contribution in [3.05, 3.63) is 16.1 Å². The SMILES string of the molecule is Cc1csc([C@](O)(CC(=O)OCC(=O)N2CCCC2)C(F)(F)F)n1. The molecular weight excluding hydrogens is 349 g/mol. The van der Waals surface area contributed by atoms with Crippen LogP contribution in [0.3, 0.4) is 0 Å². The number of esters is 1. The Morgan fingerprint density at radius 1 is 1.38 bits per heavy atom. The van der Waals surface area contributed by atoms with E-state index in [9.17, 15) is 27.9 Å². The van der Waals surface area contributed by atoms with Crippen LogP contribution in [0.4, 0.5) is 13.2 Å². The molecule has 0 aliphatic carbocycles. The molecule has 1 atom stereocenters. The van der Waals surface area contributed by atoms with Crippen molar-refractivity contribution in [1.29, 1.82) is 0 Å². The Morgan fingerprint density at radius 2 is 2.00 bits per heavy atom. The molecule has 24 heavy (non-hydrogen) atoms. The van der Waals surface area contributed by atoms with Crippen molar-refractivity contribution in [3.8, 4) is 0 Å². The Balaban J connectivity index is 2.01. The summed E-state index contributed by atoms with van der Waals surface area (Å²) >= 11 is 0.606. The molecular formula is C14H17F3N2O4S. The first kappa shape index (κ1) is 18.7. The van der Waals surface area contributed by atoms with Crippen molar-refractivity contribution in [3.63, 3.8) is 0 Å². The van der Waals surface area contributed by atoms with Gasteiger partial charge in [-0.1, -0.05) is 0 Å². The van der Waals surface area contributed by atoms with Crippen LogP contribution in [0.1, 0.15) is 30.0 Å². The van der Waals surface area contributed by atoms with Gasteiger partial charge in [0.25, 0.3) is 5.91 Å². The van der Waals surface area contributed by atoms with Crippen molar-refractivity contribution >= 4 is 23.2 Å². The standard InChI is InChI=1S/C14H17F3N2O4S/c1-9-8-24-12(18-9)13(22,14(15,16)17)6-11(21)23-7-10(20)19-4-2-3-5-19/h8,22H,2-7H2,1H3/t13-/m1/s1. The Kier molecular flexibility index (Phi) is 5.49. The molecule has 0 bridgehead atoms. The van der Waals surface area contributed by atoms with Gasteiger partial charge in [-0.2, -0.15) is 13.2 Å². The molecule has 0 unspecified atom stereocenters. The number of hydrogen-bond acceptors (Lipinski definition) is 6. The zero-order valence-electron chi connectivity index (χ0n) is 12.9. The number of likely N-dealkylation sites (tertiary alicyclic amines) is 1. The molecule has 1 aromatic heterocycles. The first-order chi connectivity index (χ1) is 11.1. The maximum Gasteiger partial charge on any atom is 0.424 e. The summed E-state index contributed by atoms with van der Waals surface area (Å²) in [4.78, 5) is 28.6. The number of rotatable bonds is 5. The topological polar surface area (TPSA) is 79.7 Å². The second kappa shape index (κ2) is 7.06. The second-order valence-electron chi connectivity index (χ2n) is 5.58. The third-order valence-corrected chi connectivity index (χ3v) is 4.77. The van der Waals surface area contributed by atoms with E-state index in [-0.39, 0.29) is 0 Å². The summed E-state index contributed by atoms with van der Waals surface area (Å²) in [6.07, 6.45) is -4.76. The number of ether oxygens (including phenoxy) is 1. The highest BCUT2D eigenvalue weighted by Crippen LogP contribution is 2.42. The zero-order chi connectivity index (χ0) is 18.0. The molecule has 1 aliphatic rings. The van der Waals surface area contributed by atoms with Crippen LogP contribution in [0.5, 0.6) is 0 Å². The van der Waals surface area contributed by atoms with Crippen LogP contribution in [-0.2, 0) is 19.9 Å². The predicted molar refractivity (Wildman–Crippen MR) is 78.2 cm³/mol. The molecule has 10 heteroatoms. The Labute approximate surface area is 140 Å². The molecule has 0 radical (unpaired) electrons. The molecule has 6 nitrogen and oxygen atoms in total. The molecule has 2 heterocycles. The minimum atomic E-state index is -5.10. The number of amides is 1. The quantitative estimate of drug-likeness (QED) is 0.804. The average Bonchev–Trinajstić information content (AvgIpc) is 3.14. The lowest BCUT2D eigenvalue weighted by atomic mass is 10.00. The van der Waals surface area contributed by atoms with Crippen LogP contribution in [0.25, 0.3) is 0 Å². The summed E-state index contributed by atoms with van der Waals surface area (Å²) in [6.45, 7) is 1.93. The summed E-state index contributed by atoms with van der Waals surface area (Å²) in [5, 5.41) is 10.7. The number of thiazole rings is 1. The Hall–Kier alpha value is -1.68. The van der Waals surface area contributed by atoms with Crippen LogP contribution >= 0.6 is 11.3 Å². The van der Waals surface area contributed by atoms with E-state index in [0.29, 0.717) is 30.1 Å². The van der Waals surface area contributed by atoms with Gasteiger partial charge in [-0.05, 0) is 19.8 Å². The number of carbonyl (C=O) groups is 2. The van der Waals surface area contributed by atoms with Gasteiger partial charge in [0.2, 0.25) is 5.60 Å². The third kappa shape index (κ3) is 4.04. The van der Waals surface area contributed by atoms with Gasteiger partial charge in [-0.3, -0.25) is 9.59 Å². The van der Waals surface area contributed by atoms with Gasteiger partial charge in [0.15, 0.2) is 6.61 Å². The summed E-state index contributed by atoms with van der Waals surface area (Å²) < 4.78 is 44.3. The minimum absolute atomic E-state index is 0.301.